The molecule has 1 aliphatic rings. The third kappa shape index (κ3) is 4.58. The second-order valence-corrected chi connectivity index (χ2v) is 5.90. The van der Waals surface area contributed by atoms with E-state index >= 15 is 0 Å². The third-order valence-electron chi connectivity index (χ3n) is 3.77. The Morgan fingerprint density at radius 2 is 2.35 bits per heavy atom. The zero-order valence-electron chi connectivity index (χ0n) is 12.9. The lowest BCUT2D eigenvalue weighted by atomic mass is 10.0. The number of piperidine rings is 1. The molecule has 1 N–H and O–H groups in total. The number of rotatable bonds is 7. The molecule has 20 heavy (non-hydrogen) atoms. The lowest BCUT2D eigenvalue weighted by Gasteiger charge is -2.35. The minimum atomic E-state index is 0.491. The monoisotopic (exact) mass is 281 g/mol. The molecule has 0 radical (unpaired) electrons. The summed E-state index contributed by atoms with van der Waals surface area (Å²) < 4.78 is 10.3. The van der Waals surface area contributed by atoms with E-state index in [2.05, 4.69) is 29.2 Å². The van der Waals surface area contributed by atoms with Crippen LogP contribution in [0.1, 0.15) is 44.6 Å². The predicted molar refractivity (Wildman–Crippen MR) is 78.4 cm³/mol. The maximum atomic E-state index is 5.26. The molecule has 2 rings (SSSR count). The molecule has 1 unspecified atom stereocenters. The maximum Gasteiger partial charge on any atom is 0.162 e. The van der Waals surface area contributed by atoms with Crippen LogP contribution in [-0.2, 0) is 17.9 Å². The van der Waals surface area contributed by atoms with Gasteiger partial charge in [0.25, 0.3) is 0 Å². The smallest absolute Gasteiger partial charge is 0.162 e. The minimum Gasteiger partial charge on any atom is -0.377 e. The van der Waals surface area contributed by atoms with E-state index in [0.29, 0.717) is 18.7 Å². The standard InChI is InChI=1S/C15H27N3O2/c1-12(2)16-9-14-6-4-5-7-18(14)10-13-8-15(11-19-3)20-17-13/h8,12,14,16H,4-7,9-11H2,1-3H3. The van der Waals surface area contributed by atoms with Gasteiger partial charge in [-0.3, -0.25) is 4.90 Å². The fourth-order valence-corrected chi connectivity index (χ4v) is 2.72. The number of likely N-dealkylation sites (tertiary alicyclic amines) is 1. The van der Waals surface area contributed by atoms with E-state index in [9.17, 15) is 0 Å². The summed E-state index contributed by atoms with van der Waals surface area (Å²) in [6.45, 7) is 7.96. The molecule has 1 fully saturated rings. The van der Waals surface area contributed by atoms with E-state index in [-0.39, 0.29) is 0 Å². The molecule has 0 amide bonds. The summed E-state index contributed by atoms with van der Waals surface area (Å²) in [7, 11) is 1.67. The van der Waals surface area contributed by atoms with E-state index in [1.165, 1.54) is 19.3 Å². The highest BCUT2D eigenvalue weighted by molar-refractivity contribution is 5.05. The summed E-state index contributed by atoms with van der Waals surface area (Å²) in [6, 6.07) is 3.15. The summed E-state index contributed by atoms with van der Waals surface area (Å²) in [6.07, 6.45) is 3.87. The highest BCUT2D eigenvalue weighted by atomic mass is 16.5. The number of hydrogen-bond acceptors (Lipinski definition) is 5. The first kappa shape index (κ1) is 15.5. The molecular formula is C15H27N3O2. The summed E-state index contributed by atoms with van der Waals surface area (Å²) in [5, 5.41) is 7.69. The molecule has 1 atom stereocenters. The molecule has 0 bridgehead atoms. The van der Waals surface area contributed by atoms with Crippen molar-refractivity contribution < 1.29 is 9.26 Å². The van der Waals surface area contributed by atoms with Gasteiger partial charge in [0.15, 0.2) is 5.76 Å². The van der Waals surface area contributed by atoms with Crippen molar-refractivity contribution in [2.24, 2.45) is 0 Å². The van der Waals surface area contributed by atoms with Crippen LogP contribution in [0.25, 0.3) is 0 Å². The zero-order chi connectivity index (χ0) is 14.4. The van der Waals surface area contributed by atoms with Crippen LogP contribution in [0, 0.1) is 0 Å². The highest BCUT2D eigenvalue weighted by Gasteiger charge is 2.23. The first-order valence-electron chi connectivity index (χ1n) is 7.60. The Balaban J connectivity index is 1.89. The average molecular weight is 281 g/mol. The van der Waals surface area contributed by atoms with Crippen LogP contribution < -0.4 is 5.32 Å². The maximum absolute atomic E-state index is 5.26. The van der Waals surface area contributed by atoms with E-state index in [1.54, 1.807) is 7.11 Å². The van der Waals surface area contributed by atoms with Crippen molar-refractivity contribution in [1.29, 1.82) is 0 Å². The lowest BCUT2D eigenvalue weighted by Crippen LogP contribution is -2.46. The molecule has 1 aromatic rings. The predicted octanol–water partition coefficient (Wildman–Crippen LogP) is 2.17. The number of aromatic nitrogens is 1. The average Bonchev–Trinajstić information content (AvgIpc) is 2.85. The molecule has 5 heteroatoms. The molecule has 1 aliphatic heterocycles. The number of ether oxygens (including phenoxy) is 1. The lowest BCUT2D eigenvalue weighted by molar-refractivity contribution is 0.131. The van der Waals surface area contributed by atoms with Crippen molar-refractivity contribution in [2.75, 3.05) is 20.2 Å². The first-order chi connectivity index (χ1) is 9.69. The van der Waals surface area contributed by atoms with Crippen molar-refractivity contribution in [1.82, 2.24) is 15.4 Å². The van der Waals surface area contributed by atoms with Crippen LogP contribution in [0.5, 0.6) is 0 Å². The zero-order valence-corrected chi connectivity index (χ0v) is 12.9. The van der Waals surface area contributed by atoms with Gasteiger partial charge in [0.2, 0.25) is 0 Å². The van der Waals surface area contributed by atoms with Gasteiger partial charge in [-0.05, 0) is 19.4 Å². The van der Waals surface area contributed by atoms with Gasteiger partial charge in [0.05, 0.1) is 5.69 Å². The summed E-state index contributed by atoms with van der Waals surface area (Å²) in [5.74, 6) is 0.802. The second kappa shape index (κ2) is 7.76. The molecule has 1 saturated heterocycles. The fourth-order valence-electron chi connectivity index (χ4n) is 2.72. The van der Waals surface area contributed by atoms with E-state index in [1.807, 2.05) is 6.07 Å². The molecule has 0 aliphatic carbocycles. The van der Waals surface area contributed by atoms with Crippen LogP contribution in [0.4, 0.5) is 0 Å². The van der Waals surface area contributed by atoms with Gasteiger partial charge in [-0.1, -0.05) is 25.4 Å². The normalized spacial score (nSPS) is 20.7. The highest BCUT2D eigenvalue weighted by Crippen LogP contribution is 2.19. The molecule has 0 aromatic carbocycles. The first-order valence-corrected chi connectivity index (χ1v) is 7.60. The van der Waals surface area contributed by atoms with Crippen LogP contribution in [-0.4, -0.2) is 42.3 Å². The molecule has 0 spiro atoms. The van der Waals surface area contributed by atoms with Crippen molar-refractivity contribution >= 4 is 0 Å². The minimum absolute atomic E-state index is 0.491. The van der Waals surface area contributed by atoms with Gasteiger partial charge in [-0.25, -0.2) is 0 Å². The van der Waals surface area contributed by atoms with Crippen LogP contribution in [0.15, 0.2) is 10.6 Å². The summed E-state index contributed by atoms with van der Waals surface area (Å²) in [5.41, 5.74) is 1.01. The second-order valence-electron chi connectivity index (χ2n) is 5.90. The fraction of sp³-hybridized carbons (Fsp3) is 0.800. The number of methoxy groups -OCH3 is 1. The Hall–Kier alpha value is -0.910. The van der Waals surface area contributed by atoms with Gasteiger partial charge < -0.3 is 14.6 Å². The number of hydrogen-bond donors (Lipinski definition) is 1. The number of nitrogens with one attached hydrogen (secondary N) is 1. The van der Waals surface area contributed by atoms with Gasteiger partial charge in [0, 0.05) is 38.3 Å². The topological polar surface area (TPSA) is 50.5 Å². The van der Waals surface area contributed by atoms with E-state index < -0.39 is 0 Å². The van der Waals surface area contributed by atoms with Gasteiger partial charge >= 0.3 is 0 Å². The Labute approximate surface area is 121 Å². The quantitative estimate of drug-likeness (QED) is 0.830. The Bertz CT molecular complexity index is 392. The van der Waals surface area contributed by atoms with Crippen molar-refractivity contribution in [2.45, 2.75) is 58.3 Å². The van der Waals surface area contributed by atoms with Crippen LogP contribution >= 0.6 is 0 Å². The van der Waals surface area contributed by atoms with Crippen molar-refractivity contribution in [3.8, 4) is 0 Å². The van der Waals surface area contributed by atoms with Crippen molar-refractivity contribution in [3.63, 3.8) is 0 Å². The third-order valence-corrected chi connectivity index (χ3v) is 3.77. The van der Waals surface area contributed by atoms with Gasteiger partial charge in [0.1, 0.15) is 6.61 Å². The SMILES string of the molecule is COCc1cc(CN2CCCCC2CNC(C)C)no1. The number of nitrogens with zero attached hydrogens (tertiary/aromatic N) is 2. The van der Waals surface area contributed by atoms with E-state index in [4.69, 9.17) is 9.26 Å². The Morgan fingerprint density at radius 3 is 3.10 bits per heavy atom. The van der Waals surface area contributed by atoms with Gasteiger partial charge in [-0.2, -0.15) is 0 Å². The summed E-state index contributed by atoms with van der Waals surface area (Å²) in [4.78, 5) is 2.52. The Morgan fingerprint density at radius 1 is 1.50 bits per heavy atom. The van der Waals surface area contributed by atoms with Crippen LogP contribution in [0.2, 0.25) is 0 Å². The largest absolute Gasteiger partial charge is 0.377 e. The summed E-state index contributed by atoms with van der Waals surface area (Å²) >= 11 is 0. The molecule has 5 nitrogen and oxygen atoms in total. The molecule has 2 heterocycles. The molecule has 0 saturated carbocycles. The van der Waals surface area contributed by atoms with Gasteiger partial charge in [-0.15, -0.1) is 0 Å². The Kier molecular flexibility index (Phi) is 6.01. The van der Waals surface area contributed by atoms with Crippen molar-refractivity contribution in [3.05, 3.63) is 17.5 Å². The molecule has 114 valence electrons. The molecule has 1 aromatic heterocycles. The van der Waals surface area contributed by atoms with E-state index in [0.717, 1.165) is 31.1 Å². The van der Waals surface area contributed by atoms with Crippen LogP contribution in [0.3, 0.4) is 0 Å². The molecular weight excluding hydrogens is 254 g/mol.